The minimum absolute atomic E-state index is 0.278. The number of fused-ring (bicyclic) bond motifs is 1. The molecule has 1 aromatic rings. The Kier molecular flexibility index (Phi) is 4.36. The van der Waals surface area contributed by atoms with E-state index in [0.717, 1.165) is 31.0 Å². The van der Waals surface area contributed by atoms with Crippen molar-refractivity contribution in [2.45, 2.75) is 44.9 Å². The van der Waals surface area contributed by atoms with Crippen LogP contribution in [0.1, 0.15) is 30.9 Å². The number of benzene rings is 1. The SMILES string of the molecule is COc1cc2c(cc1CNC1CCCN(C)C1)OC(C)C2. The van der Waals surface area contributed by atoms with Crippen molar-refractivity contribution < 1.29 is 9.47 Å². The summed E-state index contributed by atoms with van der Waals surface area (Å²) in [5.41, 5.74) is 2.46. The van der Waals surface area contributed by atoms with Gasteiger partial charge in [-0.1, -0.05) is 0 Å². The molecule has 0 aromatic heterocycles. The van der Waals surface area contributed by atoms with Crippen LogP contribution in [-0.2, 0) is 13.0 Å². The zero-order valence-electron chi connectivity index (χ0n) is 13.3. The highest BCUT2D eigenvalue weighted by molar-refractivity contribution is 5.48. The molecule has 0 amide bonds. The van der Waals surface area contributed by atoms with Gasteiger partial charge in [0.05, 0.1) is 7.11 Å². The Bertz CT molecular complexity index is 504. The Morgan fingerprint density at radius 3 is 3.05 bits per heavy atom. The van der Waals surface area contributed by atoms with E-state index >= 15 is 0 Å². The van der Waals surface area contributed by atoms with Gasteiger partial charge in [0.15, 0.2) is 0 Å². The average molecular weight is 290 g/mol. The second-order valence-corrected chi connectivity index (χ2v) is 6.39. The van der Waals surface area contributed by atoms with Crippen LogP contribution in [0.4, 0.5) is 0 Å². The molecule has 1 N–H and O–H groups in total. The summed E-state index contributed by atoms with van der Waals surface area (Å²) in [6.07, 6.45) is 3.79. The highest BCUT2D eigenvalue weighted by Crippen LogP contribution is 2.35. The van der Waals surface area contributed by atoms with Crippen LogP contribution in [-0.4, -0.2) is 44.3 Å². The fraction of sp³-hybridized carbons (Fsp3) is 0.647. The number of likely N-dealkylation sites (N-methyl/N-ethyl adjacent to an activating group) is 1. The summed E-state index contributed by atoms with van der Waals surface area (Å²) in [6, 6.07) is 4.86. The summed E-state index contributed by atoms with van der Waals surface area (Å²) >= 11 is 0. The lowest BCUT2D eigenvalue weighted by Gasteiger charge is -2.30. The van der Waals surface area contributed by atoms with E-state index < -0.39 is 0 Å². The van der Waals surface area contributed by atoms with Crippen LogP contribution in [0, 0.1) is 0 Å². The van der Waals surface area contributed by atoms with Gasteiger partial charge in [-0.25, -0.2) is 0 Å². The molecule has 2 aliphatic rings. The van der Waals surface area contributed by atoms with E-state index in [1.54, 1.807) is 7.11 Å². The first kappa shape index (κ1) is 14.7. The molecule has 116 valence electrons. The lowest BCUT2D eigenvalue weighted by molar-refractivity contribution is 0.226. The van der Waals surface area contributed by atoms with Gasteiger partial charge in [0.1, 0.15) is 17.6 Å². The molecule has 21 heavy (non-hydrogen) atoms. The molecule has 3 rings (SSSR count). The van der Waals surface area contributed by atoms with E-state index in [1.165, 1.54) is 30.5 Å². The van der Waals surface area contributed by atoms with E-state index in [0.29, 0.717) is 6.04 Å². The van der Waals surface area contributed by atoms with Gasteiger partial charge in [-0.3, -0.25) is 0 Å². The maximum absolute atomic E-state index is 5.86. The number of rotatable bonds is 4. The first-order chi connectivity index (χ1) is 10.2. The first-order valence-electron chi connectivity index (χ1n) is 7.94. The van der Waals surface area contributed by atoms with Crippen LogP contribution in [0.15, 0.2) is 12.1 Å². The lowest BCUT2D eigenvalue weighted by Crippen LogP contribution is -2.43. The molecule has 0 spiro atoms. The minimum Gasteiger partial charge on any atom is -0.496 e. The third-order valence-electron chi connectivity index (χ3n) is 4.50. The van der Waals surface area contributed by atoms with Crippen molar-refractivity contribution in [3.8, 4) is 11.5 Å². The molecular weight excluding hydrogens is 264 g/mol. The maximum Gasteiger partial charge on any atom is 0.123 e. The van der Waals surface area contributed by atoms with Gasteiger partial charge >= 0.3 is 0 Å². The van der Waals surface area contributed by atoms with Crippen molar-refractivity contribution in [1.29, 1.82) is 0 Å². The smallest absolute Gasteiger partial charge is 0.123 e. The lowest BCUT2D eigenvalue weighted by atomic mass is 10.0. The molecular formula is C17H26N2O2. The van der Waals surface area contributed by atoms with Gasteiger partial charge in [-0.15, -0.1) is 0 Å². The summed E-state index contributed by atoms with van der Waals surface area (Å²) in [5, 5.41) is 3.67. The monoisotopic (exact) mass is 290 g/mol. The van der Waals surface area contributed by atoms with Crippen LogP contribution >= 0.6 is 0 Å². The zero-order valence-corrected chi connectivity index (χ0v) is 13.3. The van der Waals surface area contributed by atoms with Crippen molar-refractivity contribution in [3.05, 3.63) is 23.3 Å². The summed E-state index contributed by atoms with van der Waals surface area (Å²) in [7, 11) is 3.94. The fourth-order valence-electron chi connectivity index (χ4n) is 3.40. The number of nitrogens with one attached hydrogen (secondary N) is 1. The van der Waals surface area contributed by atoms with Crippen LogP contribution in [0.5, 0.6) is 11.5 Å². The summed E-state index contributed by atoms with van der Waals surface area (Å²) in [4.78, 5) is 2.39. The minimum atomic E-state index is 0.278. The molecule has 2 unspecified atom stereocenters. The largest absolute Gasteiger partial charge is 0.496 e. The van der Waals surface area contributed by atoms with Crippen molar-refractivity contribution in [1.82, 2.24) is 10.2 Å². The number of ether oxygens (including phenoxy) is 2. The Morgan fingerprint density at radius 1 is 1.43 bits per heavy atom. The Hall–Kier alpha value is -1.26. The average Bonchev–Trinajstić information content (AvgIpc) is 2.83. The molecule has 0 aliphatic carbocycles. The molecule has 1 fully saturated rings. The highest BCUT2D eigenvalue weighted by atomic mass is 16.5. The molecule has 2 atom stereocenters. The Balaban J connectivity index is 1.68. The van der Waals surface area contributed by atoms with Gasteiger partial charge in [0.25, 0.3) is 0 Å². The van der Waals surface area contributed by atoms with Crippen LogP contribution < -0.4 is 14.8 Å². The molecule has 1 aromatic carbocycles. The van der Waals surface area contributed by atoms with Gasteiger partial charge in [-0.05, 0) is 45.5 Å². The van der Waals surface area contributed by atoms with E-state index in [9.17, 15) is 0 Å². The quantitative estimate of drug-likeness (QED) is 0.922. The van der Waals surface area contributed by atoms with E-state index in [1.807, 2.05) is 0 Å². The molecule has 0 radical (unpaired) electrons. The van der Waals surface area contributed by atoms with Crippen LogP contribution in [0.25, 0.3) is 0 Å². The molecule has 4 heteroatoms. The van der Waals surface area contributed by atoms with E-state index in [4.69, 9.17) is 9.47 Å². The number of nitrogens with zero attached hydrogens (tertiary/aromatic N) is 1. The number of methoxy groups -OCH3 is 1. The van der Waals surface area contributed by atoms with Crippen LogP contribution in [0.3, 0.4) is 0 Å². The predicted molar refractivity (Wildman–Crippen MR) is 84.1 cm³/mol. The molecule has 1 saturated heterocycles. The molecule has 0 bridgehead atoms. The summed E-state index contributed by atoms with van der Waals surface area (Å²) in [6.45, 7) is 5.29. The van der Waals surface area contributed by atoms with Gasteiger partial charge in [-0.2, -0.15) is 0 Å². The third kappa shape index (κ3) is 3.33. The second kappa shape index (κ2) is 6.24. The topological polar surface area (TPSA) is 33.7 Å². The normalized spacial score (nSPS) is 25.5. The molecule has 2 heterocycles. The Labute approximate surface area is 127 Å². The zero-order chi connectivity index (χ0) is 14.8. The molecule has 0 saturated carbocycles. The molecule has 4 nitrogen and oxygen atoms in total. The number of piperidine rings is 1. The highest BCUT2D eigenvalue weighted by Gasteiger charge is 2.22. The van der Waals surface area contributed by atoms with Crippen LogP contribution in [0.2, 0.25) is 0 Å². The predicted octanol–water partition coefficient (Wildman–Crippen LogP) is 2.20. The molecule has 2 aliphatic heterocycles. The van der Waals surface area contributed by atoms with Crippen molar-refractivity contribution in [2.75, 3.05) is 27.2 Å². The second-order valence-electron chi connectivity index (χ2n) is 6.39. The number of hydrogen-bond donors (Lipinski definition) is 1. The van der Waals surface area contributed by atoms with E-state index in [-0.39, 0.29) is 6.10 Å². The number of likely N-dealkylation sites (tertiary alicyclic amines) is 1. The van der Waals surface area contributed by atoms with Gasteiger partial charge in [0.2, 0.25) is 0 Å². The Morgan fingerprint density at radius 2 is 2.29 bits per heavy atom. The summed E-state index contributed by atoms with van der Waals surface area (Å²) in [5.74, 6) is 2.00. The first-order valence-corrected chi connectivity index (χ1v) is 7.94. The maximum atomic E-state index is 5.86. The van der Waals surface area contributed by atoms with E-state index in [2.05, 4.69) is 36.3 Å². The van der Waals surface area contributed by atoms with Crippen molar-refractivity contribution in [2.24, 2.45) is 0 Å². The summed E-state index contributed by atoms with van der Waals surface area (Å²) < 4.78 is 11.4. The van der Waals surface area contributed by atoms with Gasteiger partial charge < -0.3 is 19.7 Å². The van der Waals surface area contributed by atoms with Crippen molar-refractivity contribution >= 4 is 0 Å². The van der Waals surface area contributed by atoms with Gasteiger partial charge in [0, 0.05) is 36.7 Å². The standard InChI is InChI=1S/C17H26N2O2/c1-12-7-13-8-16(20-3)14(9-17(13)21-12)10-18-15-5-4-6-19(2)11-15/h8-9,12,15,18H,4-7,10-11H2,1-3H3. The number of hydrogen-bond acceptors (Lipinski definition) is 4. The fourth-order valence-corrected chi connectivity index (χ4v) is 3.40. The van der Waals surface area contributed by atoms with Crippen molar-refractivity contribution in [3.63, 3.8) is 0 Å². The third-order valence-corrected chi connectivity index (χ3v) is 4.50.